The Morgan fingerprint density at radius 3 is 2.06 bits per heavy atom. The SMILES string of the molecule is c1cc(C2ONOOO2)ccn1.c1ccccc1. The minimum absolute atomic E-state index is 0.637. The van der Waals surface area contributed by atoms with Gasteiger partial charge < -0.3 is 0 Å². The van der Waals surface area contributed by atoms with Crippen molar-refractivity contribution in [3.05, 3.63) is 66.5 Å². The lowest BCUT2D eigenvalue weighted by Gasteiger charge is -2.19. The molecule has 1 atom stereocenters. The highest BCUT2D eigenvalue weighted by molar-refractivity contribution is 5.10. The molecule has 18 heavy (non-hydrogen) atoms. The van der Waals surface area contributed by atoms with Crippen LogP contribution in [0.15, 0.2) is 60.9 Å². The van der Waals surface area contributed by atoms with Crippen LogP contribution in [-0.2, 0) is 19.8 Å². The van der Waals surface area contributed by atoms with E-state index >= 15 is 0 Å². The molecule has 1 unspecified atom stereocenters. The van der Waals surface area contributed by atoms with E-state index in [-0.39, 0.29) is 0 Å². The second kappa shape index (κ2) is 7.49. The minimum Gasteiger partial charge on any atom is -0.265 e. The molecule has 1 N–H and O–H groups in total. The Balaban J connectivity index is 0.000000169. The van der Waals surface area contributed by atoms with Crippen molar-refractivity contribution in [3.63, 3.8) is 0 Å². The third kappa shape index (κ3) is 4.21. The molecule has 0 spiro atoms. The normalized spacial score (nSPS) is 18.6. The number of rotatable bonds is 1. The van der Waals surface area contributed by atoms with Crippen LogP contribution in [0, 0.1) is 0 Å². The van der Waals surface area contributed by atoms with Gasteiger partial charge in [-0.25, -0.2) is 4.84 Å². The summed E-state index contributed by atoms with van der Waals surface area (Å²) in [5, 5.41) is 4.18. The Kier molecular flexibility index (Phi) is 5.25. The van der Waals surface area contributed by atoms with Gasteiger partial charge >= 0.3 is 0 Å². The van der Waals surface area contributed by atoms with Crippen molar-refractivity contribution in [2.75, 3.05) is 0 Å². The van der Waals surface area contributed by atoms with Gasteiger partial charge in [-0.2, -0.15) is 4.89 Å². The summed E-state index contributed by atoms with van der Waals surface area (Å²) in [6.07, 6.45) is 2.61. The Hall–Kier alpha value is -1.83. The highest BCUT2D eigenvalue weighted by Gasteiger charge is 2.18. The van der Waals surface area contributed by atoms with Crippen LogP contribution in [0.5, 0.6) is 0 Å². The van der Waals surface area contributed by atoms with Gasteiger partial charge in [0.25, 0.3) is 0 Å². The molecule has 0 bridgehead atoms. The molecule has 6 nitrogen and oxygen atoms in total. The standard InChI is InChI=1S/C6H6N2O4.C6H6/c1-3-7-4-2-5(1)6-9-8-11-12-10-6;1-2-4-6-5-3-1/h1-4,6,8H;1-6H. The van der Waals surface area contributed by atoms with Crippen LogP contribution < -0.4 is 5.64 Å². The number of hydrogen-bond donors (Lipinski definition) is 1. The van der Waals surface area contributed by atoms with E-state index in [0.29, 0.717) is 0 Å². The van der Waals surface area contributed by atoms with E-state index < -0.39 is 6.29 Å². The highest BCUT2D eigenvalue weighted by atomic mass is 17.6. The molecule has 2 heterocycles. The third-order valence-corrected chi connectivity index (χ3v) is 1.99. The molecule has 6 heteroatoms. The first kappa shape index (κ1) is 12.6. The van der Waals surface area contributed by atoms with E-state index in [9.17, 15) is 0 Å². The van der Waals surface area contributed by atoms with Gasteiger partial charge in [0.05, 0.1) is 0 Å². The van der Waals surface area contributed by atoms with Crippen molar-refractivity contribution >= 4 is 0 Å². The van der Waals surface area contributed by atoms with Crippen molar-refractivity contribution in [3.8, 4) is 0 Å². The zero-order valence-corrected chi connectivity index (χ0v) is 9.43. The van der Waals surface area contributed by atoms with E-state index in [1.807, 2.05) is 36.4 Å². The second-order valence-electron chi connectivity index (χ2n) is 3.22. The van der Waals surface area contributed by atoms with Crippen LogP contribution >= 0.6 is 0 Å². The molecule has 0 radical (unpaired) electrons. The summed E-state index contributed by atoms with van der Waals surface area (Å²) < 4.78 is 0. The Morgan fingerprint density at radius 1 is 0.944 bits per heavy atom. The lowest BCUT2D eigenvalue weighted by Crippen LogP contribution is -2.27. The number of benzene rings is 1. The molecule has 2 aromatic rings. The molecule has 3 rings (SSSR count). The van der Waals surface area contributed by atoms with E-state index in [1.165, 1.54) is 0 Å². The Morgan fingerprint density at radius 2 is 1.56 bits per heavy atom. The minimum atomic E-state index is -0.637. The van der Waals surface area contributed by atoms with E-state index in [2.05, 4.69) is 25.5 Å². The smallest absolute Gasteiger partial charge is 0.241 e. The predicted molar refractivity (Wildman–Crippen MR) is 60.9 cm³/mol. The third-order valence-electron chi connectivity index (χ3n) is 1.99. The molecule has 1 aliphatic rings. The molecular weight excluding hydrogens is 236 g/mol. The molecule has 1 aromatic heterocycles. The molecule has 0 saturated carbocycles. The molecule has 94 valence electrons. The van der Waals surface area contributed by atoms with Crippen LogP contribution in [0.3, 0.4) is 0 Å². The van der Waals surface area contributed by atoms with Crippen molar-refractivity contribution in [1.82, 2.24) is 10.6 Å². The largest absolute Gasteiger partial charge is 0.265 e. The quantitative estimate of drug-likeness (QED) is 0.780. The zero-order valence-electron chi connectivity index (χ0n) is 9.43. The summed E-state index contributed by atoms with van der Waals surface area (Å²) in [6, 6.07) is 15.5. The molecule has 0 aliphatic carbocycles. The molecule has 1 fully saturated rings. The summed E-state index contributed by atoms with van der Waals surface area (Å²) >= 11 is 0. The summed E-state index contributed by atoms with van der Waals surface area (Å²) in [6.45, 7) is 0. The van der Waals surface area contributed by atoms with Crippen molar-refractivity contribution in [1.29, 1.82) is 0 Å². The Labute approximate surface area is 104 Å². The van der Waals surface area contributed by atoms with Crippen molar-refractivity contribution in [2.45, 2.75) is 6.29 Å². The van der Waals surface area contributed by atoms with Crippen LogP contribution in [0.25, 0.3) is 0 Å². The fourth-order valence-corrected chi connectivity index (χ4v) is 1.18. The van der Waals surface area contributed by atoms with Gasteiger partial charge in [0, 0.05) is 18.0 Å². The maximum atomic E-state index is 4.82. The highest BCUT2D eigenvalue weighted by Crippen LogP contribution is 2.19. The number of nitrogens with zero attached hydrogens (tertiary/aromatic N) is 1. The van der Waals surface area contributed by atoms with Crippen LogP contribution in [-0.4, -0.2) is 4.98 Å². The molecule has 1 aliphatic heterocycles. The summed E-state index contributed by atoms with van der Waals surface area (Å²) in [4.78, 5) is 17.4. The number of nitrogens with one attached hydrogen (secondary N) is 1. The van der Waals surface area contributed by atoms with Crippen molar-refractivity contribution < 1.29 is 19.8 Å². The number of hydrogen-bond acceptors (Lipinski definition) is 6. The summed E-state index contributed by atoms with van der Waals surface area (Å²) in [7, 11) is 0. The van der Waals surface area contributed by atoms with Gasteiger partial charge in [0.15, 0.2) is 0 Å². The maximum absolute atomic E-state index is 4.82. The monoisotopic (exact) mass is 248 g/mol. The second-order valence-corrected chi connectivity index (χ2v) is 3.22. The summed E-state index contributed by atoms with van der Waals surface area (Å²) in [5.74, 6) is 0. The lowest BCUT2D eigenvalue weighted by atomic mass is 10.3. The average Bonchev–Trinajstić information content (AvgIpc) is 2.51. The van der Waals surface area contributed by atoms with Gasteiger partial charge in [-0.3, -0.25) is 4.98 Å². The fourth-order valence-electron chi connectivity index (χ4n) is 1.18. The Bertz CT molecular complexity index is 394. The summed E-state index contributed by atoms with van der Waals surface area (Å²) in [5.41, 5.74) is 2.84. The van der Waals surface area contributed by atoms with E-state index in [1.54, 1.807) is 24.5 Å². The van der Waals surface area contributed by atoms with Gasteiger partial charge in [-0.1, -0.05) is 41.4 Å². The fraction of sp³-hybridized carbons (Fsp3) is 0.0833. The molecule has 1 aromatic carbocycles. The van der Waals surface area contributed by atoms with Gasteiger partial charge in [0.1, 0.15) is 0 Å². The number of pyridine rings is 1. The first-order valence-electron chi connectivity index (χ1n) is 5.26. The average molecular weight is 248 g/mol. The van der Waals surface area contributed by atoms with Crippen LogP contribution in [0.1, 0.15) is 11.9 Å². The molecular formula is C12H12N2O4. The van der Waals surface area contributed by atoms with Gasteiger partial charge in [0.2, 0.25) is 6.29 Å². The van der Waals surface area contributed by atoms with E-state index in [0.717, 1.165) is 5.56 Å². The lowest BCUT2D eigenvalue weighted by molar-refractivity contribution is -0.645. The molecule has 1 saturated heterocycles. The first-order valence-corrected chi connectivity index (χ1v) is 5.26. The topological polar surface area (TPSA) is 61.8 Å². The molecule has 0 amide bonds. The van der Waals surface area contributed by atoms with Crippen LogP contribution in [0.4, 0.5) is 0 Å². The van der Waals surface area contributed by atoms with E-state index in [4.69, 9.17) is 4.84 Å². The van der Waals surface area contributed by atoms with Crippen LogP contribution in [0.2, 0.25) is 0 Å². The van der Waals surface area contributed by atoms with Gasteiger partial charge in [-0.15, -0.1) is 0 Å². The maximum Gasteiger partial charge on any atom is 0.241 e. The predicted octanol–water partition coefficient (Wildman–Crippen LogP) is 2.10. The van der Waals surface area contributed by atoms with Crippen molar-refractivity contribution in [2.24, 2.45) is 0 Å². The first-order chi connectivity index (χ1) is 8.97. The van der Waals surface area contributed by atoms with Gasteiger partial charge in [-0.05, 0) is 22.8 Å². The number of aromatic nitrogens is 1. The zero-order chi connectivity index (χ0) is 12.5.